The molecule has 1 fully saturated rings. The molecule has 2 aromatic heterocycles. The van der Waals surface area contributed by atoms with Crippen LogP contribution in [0.1, 0.15) is 44.1 Å². The summed E-state index contributed by atoms with van der Waals surface area (Å²) in [6, 6.07) is 2.26. The molecule has 1 unspecified atom stereocenters. The number of aromatic nitrogens is 2. The van der Waals surface area contributed by atoms with Gasteiger partial charge in [0.05, 0.1) is 6.04 Å². The van der Waals surface area contributed by atoms with Gasteiger partial charge in [0.2, 0.25) is 5.91 Å². The number of sulfonamides is 1. The molecule has 1 N–H and O–H groups in total. The van der Waals surface area contributed by atoms with Crippen LogP contribution >= 0.6 is 11.3 Å². The molecule has 0 radical (unpaired) electrons. The number of amides is 1. The fourth-order valence-corrected chi connectivity index (χ4v) is 6.27. The summed E-state index contributed by atoms with van der Waals surface area (Å²) in [4.78, 5) is 19.3. The molecule has 1 atom stereocenters. The molecule has 1 aliphatic rings. The third-order valence-electron chi connectivity index (χ3n) is 6.17. The molecular formula is C21H33N5O3S2. The van der Waals surface area contributed by atoms with Crippen molar-refractivity contribution in [2.45, 2.75) is 44.7 Å². The van der Waals surface area contributed by atoms with Crippen molar-refractivity contribution in [2.24, 2.45) is 13.0 Å². The van der Waals surface area contributed by atoms with E-state index in [1.807, 2.05) is 0 Å². The van der Waals surface area contributed by atoms with Crippen molar-refractivity contribution in [3.05, 3.63) is 34.4 Å². The lowest BCUT2D eigenvalue weighted by Gasteiger charge is -2.32. The Morgan fingerprint density at radius 1 is 1.32 bits per heavy atom. The van der Waals surface area contributed by atoms with Gasteiger partial charge >= 0.3 is 0 Å². The van der Waals surface area contributed by atoms with Crippen molar-refractivity contribution in [3.8, 4) is 0 Å². The lowest BCUT2D eigenvalue weighted by atomic mass is 9.97. The maximum absolute atomic E-state index is 12.9. The highest BCUT2D eigenvalue weighted by molar-refractivity contribution is 7.89. The molecule has 10 heteroatoms. The summed E-state index contributed by atoms with van der Waals surface area (Å²) >= 11 is 1.66. The van der Waals surface area contributed by atoms with Crippen molar-refractivity contribution < 1.29 is 13.2 Å². The quantitative estimate of drug-likeness (QED) is 0.612. The number of carbonyl (C=O) groups is 1. The third-order valence-corrected chi connectivity index (χ3v) is 8.64. The fraction of sp³-hybridized carbons (Fsp3) is 0.619. The maximum atomic E-state index is 12.9. The molecule has 0 saturated carbocycles. The number of likely N-dealkylation sites (N-methyl/N-ethyl adjacent to an activating group) is 1. The largest absolute Gasteiger partial charge is 0.354 e. The lowest BCUT2D eigenvalue weighted by molar-refractivity contribution is -0.126. The number of nitrogens with one attached hydrogen (secondary N) is 1. The zero-order chi connectivity index (χ0) is 22.6. The number of thiophene rings is 1. The van der Waals surface area contributed by atoms with Crippen LogP contribution in [-0.4, -0.2) is 65.8 Å². The first-order valence-corrected chi connectivity index (χ1v) is 13.2. The Balaban J connectivity index is 1.57. The van der Waals surface area contributed by atoms with Crippen LogP contribution in [0.15, 0.2) is 28.0 Å². The summed E-state index contributed by atoms with van der Waals surface area (Å²) in [5.74, 6) is 0.496. The summed E-state index contributed by atoms with van der Waals surface area (Å²) in [5, 5.41) is 7.40. The van der Waals surface area contributed by atoms with E-state index in [4.69, 9.17) is 0 Å². The van der Waals surface area contributed by atoms with Gasteiger partial charge in [0, 0.05) is 38.8 Å². The third kappa shape index (κ3) is 5.36. The van der Waals surface area contributed by atoms with E-state index in [0.717, 1.165) is 13.1 Å². The van der Waals surface area contributed by atoms with Crippen molar-refractivity contribution in [1.29, 1.82) is 0 Å². The van der Waals surface area contributed by atoms with Gasteiger partial charge in [-0.25, -0.2) is 13.4 Å². The number of hydrogen-bond acceptors (Lipinski definition) is 6. The number of nitrogens with zero attached hydrogens (tertiary/aromatic N) is 4. The Kier molecular flexibility index (Phi) is 7.90. The number of rotatable bonds is 9. The second-order valence-electron chi connectivity index (χ2n) is 7.95. The second kappa shape index (κ2) is 10.2. The van der Waals surface area contributed by atoms with E-state index in [-0.39, 0.29) is 22.9 Å². The number of aryl methyl sites for hydroxylation is 2. The molecule has 1 aliphatic heterocycles. The van der Waals surface area contributed by atoms with Gasteiger partial charge in [-0.2, -0.15) is 15.6 Å². The van der Waals surface area contributed by atoms with E-state index in [2.05, 4.69) is 45.9 Å². The first-order chi connectivity index (χ1) is 14.8. The predicted octanol–water partition coefficient (Wildman–Crippen LogP) is 2.39. The first-order valence-electron chi connectivity index (χ1n) is 10.8. The van der Waals surface area contributed by atoms with E-state index < -0.39 is 10.0 Å². The zero-order valence-corrected chi connectivity index (χ0v) is 20.4. The normalized spacial score (nSPS) is 17.2. The van der Waals surface area contributed by atoms with Gasteiger partial charge in [0.1, 0.15) is 5.82 Å². The van der Waals surface area contributed by atoms with Gasteiger partial charge in [-0.3, -0.25) is 9.69 Å². The Morgan fingerprint density at radius 2 is 2.00 bits per heavy atom. The molecule has 0 aliphatic carbocycles. The van der Waals surface area contributed by atoms with Crippen LogP contribution in [0, 0.1) is 12.8 Å². The summed E-state index contributed by atoms with van der Waals surface area (Å²) in [6.45, 7) is 9.08. The molecule has 0 spiro atoms. The van der Waals surface area contributed by atoms with Gasteiger partial charge in [0.25, 0.3) is 10.0 Å². The SMILES string of the molecule is CCN(CC)C(CNC(=O)C1CCN(S(=O)(=O)c2cn(C)c(C)n2)CC1)c1ccsc1. The molecule has 0 aromatic carbocycles. The van der Waals surface area contributed by atoms with E-state index in [1.54, 1.807) is 36.1 Å². The second-order valence-corrected chi connectivity index (χ2v) is 10.6. The van der Waals surface area contributed by atoms with Crippen molar-refractivity contribution in [1.82, 2.24) is 24.1 Å². The maximum Gasteiger partial charge on any atom is 0.262 e. The molecule has 2 aromatic rings. The fourth-order valence-electron chi connectivity index (χ4n) is 4.07. The Hall–Kier alpha value is -1.75. The molecule has 3 heterocycles. The minimum atomic E-state index is -3.62. The summed E-state index contributed by atoms with van der Waals surface area (Å²) in [5.41, 5.74) is 1.22. The van der Waals surface area contributed by atoms with Crippen LogP contribution in [0.3, 0.4) is 0 Å². The molecular weight excluding hydrogens is 434 g/mol. The highest BCUT2D eigenvalue weighted by Gasteiger charge is 2.34. The monoisotopic (exact) mass is 467 g/mol. The minimum absolute atomic E-state index is 0.0121. The van der Waals surface area contributed by atoms with Gasteiger partial charge < -0.3 is 9.88 Å². The average Bonchev–Trinajstić information content (AvgIpc) is 3.41. The molecule has 1 saturated heterocycles. The van der Waals surface area contributed by atoms with Crippen molar-refractivity contribution >= 4 is 27.3 Å². The molecule has 172 valence electrons. The summed E-state index contributed by atoms with van der Waals surface area (Å²) < 4.78 is 28.9. The van der Waals surface area contributed by atoms with Crippen LogP contribution in [0.4, 0.5) is 0 Å². The average molecular weight is 468 g/mol. The van der Waals surface area contributed by atoms with Crippen LogP contribution in [0.25, 0.3) is 0 Å². The Bertz CT molecular complexity index is 940. The number of imidazole rings is 1. The van der Waals surface area contributed by atoms with Crippen LogP contribution in [-0.2, 0) is 21.9 Å². The molecule has 31 heavy (non-hydrogen) atoms. The molecule has 8 nitrogen and oxygen atoms in total. The van der Waals surface area contributed by atoms with Crippen LogP contribution in [0.5, 0.6) is 0 Å². The van der Waals surface area contributed by atoms with E-state index in [1.165, 1.54) is 9.87 Å². The van der Waals surface area contributed by atoms with Crippen molar-refractivity contribution in [2.75, 3.05) is 32.7 Å². The summed E-state index contributed by atoms with van der Waals surface area (Å²) in [7, 11) is -1.84. The van der Waals surface area contributed by atoms with Gasteiger partial charge in [0.15, 0.2) is 5.03 Å². The Labute approximate surface area is 189 Å². The van der Waals surface area contributed by atoms with E-state index in [0.29, 0.717) is 38.3 Å². The number of carbonyl (C=O) groups excluding carboxylic acids is 1. The minimum Gasteiger partial charge on any atom is -0.354 e. The molecule has 0 bridgehead atoms. The standard InChI is InChI=1S/C21H33N5O3S2/c1-5-25(6-2)19(18-9-12-30-15-18)13-22-21(27)17-7-10-26(11-8-17)31(28,29)20-14-24(4)16(3)23-20/h9,12,14-15,17,19H,5-8,10-11,13H2,1-4H3,(H,22,27). The highest BCUT2D eigenvalue weighted by atomic mass is 32.2. The smallest absolute Gasteiger partial charge is 0.262 e. The van der Waals surface area contributed by atoms with Gasteiger partial charge in [-0.15, -0.1) is 0 Å². The van der Waals surface area contributed by atoms with Gasteiger partial charge in [-0.05, 0) is 55.2 Å². The zero-order valence-electron chi connectivity index (χ0n) is 18.7. The molecule has 3 rings (SSSR count). The highest BCUT2D eigenvalue weighted by Crippen LogP contribution is 2.25. The number of piperidine rings is 1. The Morgan fingerprint density at radius 3 is 2.52 bits per heavy atom. The van der Waals surface area contributed by atoms with E-state index >= 15 is 0 Å². The predicted molar refractivity (Wildman–Crippen MR) is 122 cm³/mol. The topological polar surface area (TPSA) is 87.5 Å². The van der Waals surface area contributed by atoms with Crippen LogP contribution in [0.2, 0.25) is 0 Å². The van der Waals surface area contributed by atoms with Gasteiger partial charge in [-0.1, -0.05) is 13.8 Å². The van der Waals surface area contributed by atoms with Crippen molar-refractivity contribution in [3.63, 3.8) is 0 Å². The first kappa shape index (κ1) is 23.9. The lowest BCUT2D eigenvalue weighted by Crippen LogP contribution is -2.45. The molecule has 1 amide bonds. The number of hydrogen-bond donors (Lipinski definition) is 1. The summed E-state index contributed by atoms with van der Waals surface area (Å²) in [6.07, 6.45) is 2.58. The van der Waals surface area contributed by atoms with E-state index in [9.17, 15) is 13.2 Å². The van der Waals surface area contributed by atoms with Crippen LogP contribution < -0.4 is 5.32 Å².